The van der Waals surface area contributed by atoms with E-state index >= 15 is 0 Å². The number of nitrogens with zero attached hydrogens (tertiary/aromatic N) is 3. The number of hydrazone groups is 1. The minimum Gasteiger partial charge on any atom is -0.494 e. The molecule has 1 atom stereocenters. The standard InChI is InChI=1S/C23H19F4N3O3/c1-2-33-14-7-5-6-13(10-14)18-11-16(15-8-3-4-9-17(15)28-18)21(31)30-23(32,22(26)27)12-19(29-30)20(24)25/h3-11,20,22,32H,2,12H2,1H3. The van der Waals surface area contributed by atoms with Crippen LogP contribution in [0.25, 0.3) is 22.2 Å². The second-order valence-corrected chi connectivity index (χ2v) is 7.40. The van der Waals surface area contributed by atoms with Gasteiger partial charge in [0.25, 0.3) is 18.8 Å². The number of alkyl halides is 4. The average Bonchev–Trinajstić information content (AvgIpc) is 3.17. The van der Waals surface area contributed by atoms with E-state index < -0.39 is 36.6 Å². The third kappa shape index (κ3) is 4.13. The number of hydrogen-bond acceptors (Lipinski definition) is 5. The molecule has 172 valence electrons. The molecule has 10 heteroatoms. The fraction of sp³-hybridized carbons (Fsp3) is 0.261. The molecule has 0 saturated heterocycles. The highest BCUT2D eigenvalue weighted by molar-refractivity contribution is 6.08. The summed E-state index contributed by atoms with van der Waals surface area (Å²) in [5.74, 6) is -0.579. The van der Waals surface area contributed by atoms with Gasteiger partial charge in [0.1, 0.15) is 11.5 Å². The molecule has 1 aliphatic rings. The van der Waals surface area contributed by atoms with E-state index in [4.69, 9.17) is 4.74 Å². The summed E-state index contributed by atoms with van der Waals surface area (Å²) < 4.78 is 59.2. The number of pyridine rings is 1. The van der Waals surface area contributed by atoms with Gasteiger partial charge in [-0.25, -0.2) is 22.5 Å². The van der Waals surface area contributed by atoms with Crippen LogP contribution in [0.2, 0.25) is 0 Å². The number of hydrogen-bond donors (Lipinski definition) is 1. The molecule has 1 amide bonds. The number of aromatic nitrogens is 1. The van der Waals surface area contributed by atoms with Crippen LogP contribution >= 0.6 is 0 Å². The SMILES string of the molecule is CCOc1cccc(-c2cc(C(=O)N3N=C(C(F)F)CC3(O)C(F)F)c3ccccc3n2)c1. The van der Waals surface area contributed by atoms with E-state index in [1.54, 1.807) is 48.5 Å². The maximum atomic E-state index is 13.7. The quantitative estimate of drug-likeness (QED) is 0.539. The van der Waals surface area contributed by atoms with Crippen molar-refractivity contribution in [1.29, 1.82) is 0 Å². The zero-order chi connectivity index (χ0) is 23.8. The molecule has 0 aliphatic carbocycles. The fourth-order valence-corrected chi connectivity index (χ4v) is 3.63. The molecular formula is C23H19F4N3O3. The van der Waals surface area contributed by atoms with Gasteiger partial charge in [0.05, 0.1) is 23.4 Å². The number of aliphatic hydroxyl groups is 1. The topological polar surface area (TPSA) is 75.0 Å². The zero-order valence-corrected chi connectivity index (χ0v) is 17.4. The first-order valence-corrected chi connectivity index (χ1v) is 10.1. The summed E-state index contributed by atoms with van der Waals surface area (Å²) in [5.41, 5.74) is -3.00. The Kier molecular flexibility index (Phi) is 6.03. The second-order valence-electron chi connectivity index (χ2n) is 7.40. The largest absolute Gasteiger partial charge is 0.494 e. The number of carbonyl (C=O) groups is 1. The zero-order valence-electron chi connectivity index (χ0n) is 17.4. The lowest BCUT2D eigenvalue weighted by Crippen LogP contribution is -2.51. The van der Waals surface area contributed by atoms with Crippen molar-refractivity contribution in [1.82, 2.24) is 9.99 Å². The van der Waals surface area contributed by atoms with E-state index in [2.05, 4.69) is 10.1 Å². The monoisotopic (exact) mass is 461 g/mol. The molecule has 0 saturated carbocycles. The molecule has 6 nitrogen and oxygen atoms in total. The first kappa shape index (κ1) is 22.7. The predicted octanol–water partition coefficient (Wildman–Crippen LogP) is 4.72. The first-order chi connectivity index (χ1) is 15.7. The molecule has 1 aromatic heterocycles. The van der Waals surface area contributed by atoms with Gasteiger partial charge in [-0.2, -0.15) is 10.1 Å². The third-order valence-electron chi connectivity index (χ3n) is 5.22. The van der Waals surface area contributed by atoms with Crippen molar-refractivity contribution in [3.05, 3.63) is 60.2 Å². The molecule has 3 aromatic rings. The van der Waals surface area contributed by atoms with E-state index in [1.165, 1.54) is 6.07 Å². The van der Waals surface area contributed by atoms with Crippen LogP contribution in [0.15, 0.2) is 59.7 Å². The highest BCUT2D eigenvalue weighted by Gasteiger charge is 2.53. The van der Waals surface area contributed by atoms with Gasteiger partial charge < -0.3 is 9.84 Å². The number of ether oxygens (including phenoxy) is 1. The average molecular weight is 461 g/mol. The van der Waals surface area contributed by atoms with E-state index in [0.717, 1.165) is 0 Å². The van der Waals surface area contributed by atoms with Gasteiger partial charge in [-0.05, 0) is 31.2 Å². The Morgan fingerprint density at radius 3 is 2.61 bits per heavy atom. The number of rotatable bonds is 6. The van der Waals surface area contributed by atoms with Crippen molar-refractivity contribution in [3.8, 4) is 17.0 Å². The van der Waals surface area contributed by atoms with E-state index in [0.29, 0.717) is 34.5 Å². The molecule has 33 heavy (non-hydrogen) atoms. The number of benzene rings is 2. The molecule has 1 N–H and O–H groups in total. The van der Waals surface area contributed by atoms with Crippen molar-refractivity contribution in [2.45, 2.75) is 31.9 Å². The summed E-state index contributed by atoms with van der Waals surface area (Å²) in [5, 5.41) is 14.1. The van der Waals surface area contributed by atoms with Crippen LogP contribution in [-0.2, 0) is 0 Å². The van der Waals surface area contributed by atoms with Gasteiger partial charge >= 0.3 is 0 Å². The Hall–Kier alpha value is -3.53. The van der Waals surface area contributed by atoms with Gasteiger partial charge in [0.15, 0.2) is 0 Å². The van der Waals surface area contributed by atoms with Gasteiger partial charge in [-0.1, -0.05) is 30.3 Å². The molecule has 4 rings (SSSR count). The van der Waals surface area contributed by atoms with Crippen molar-refractivity contribution in [2.75, 3.05) is 6.61 Å². The number of fused-ring (bicyclic) bond motifs is 1. The van der Waals surface area contributed by atoms with Crippen molar-refractivity contribution in [3.63, 3.8) is 0 Å². The van der Waals surface area contributed by atoms with Crippen LogP contribution in [0.3, 0.4) is 0 Å². The molecule has 0 spiro atoms. The molecule has 0 radical (unpaired) electrons. The molecular weight excluding hydrogens is 442 g/mol. The number of carbonyl (C=O) groups excluding carboxylic acids is 1. The lowest BCUT2D eigenvalue weighted by atomic mass is 10.0. The summed E-state index contributed by atoms with van der Waals surface area (Å²) in [4.78, 5) is 17.9. The summed E-state index contributed by atoms with van der Waals surface area (Å²) in [6.45, 7) is 2.26. The normalized spacial score (nSPS) is 18.3. The van der Waals surface area contributed by atoms with Crippen LogP contribution < -0.4 is 4.74 Å². The molecule has 1 unspecified atom stereocenters. The van der Waals surface area contributed by atoms with Crippen molar-refractivity contribution < 1.29 is 32.2 Å². The van der Waals surface area contributed by atoms with Gasteiger partial charge in [-0.3, -0.25) is 4.79 Å². The van der Waals surface area contributed by atoms with Gasteiger partial charge in [0, 0.05) is 17.4 Å². The smallest absolute Gasteiger partial charge is 0.287 e. The third-order valence-corrected chi connectivity index (χ3v) is 5.22. The number of amides is 1. The summed E-state index contributed by atoms with van der Waals surface area (Å²) in [7, 11) is 0. The van der Waals surface area contributed by atoms with Crippen LogP contribution in [0, 0.1) is 0 Å². The number of halogens is 4. The summed E-state index contributed by atoms with van der Waals surface area (Å²) >= 11 is 0. The van der Waals surface area contributed by atoms with Crippen LogP contribution in [0.5, 0.6) is 5.75 Å². The predicted molar refractivity (Wildman–Crippen MR) is 114 cm³/mol. The van der Waals surface area contributed by atoms with Crippen LogP contribution in [0.4, 0.5) is 17.6 Å². The Morgan fingerprint density at radius 2 is 1.91 bits per heavy atom. The number of para-hydroxylation sites is 1. The molecule has 0 bridgehead atoms. The first-order valence-electron chi connectivity index (χ1n) is 10.1. The Balaban J connectivity index is 1.86. The minimum absolute atomic E-state index is 0.0569. The van der Waals surface area contributed by atoms with Gasteiger partial charge in [-0.15, -0.1) is 0 Å². The fourth-order valence-electron chi connectivity index (χ4n) is 3.63. The van der Waals surface area contributed by atoms with E-state index in [1.807, 2.05) is 6.92 Å². The summed E-state index contributed by atoms with van der Waals surface area (Å²) in [6.07, 6.45) is -7.86. The summed E-state index contributed by atoms with van der Waals surface area (Å²) in [6, 6.07) is 14.7. The van der Waals surface area contributed by atoms with Crippen LogP contribution in [-0.4, -0.2) is 51.9 Å². The molecule has 0 fully saturated rings. The van der Waals surface area contributed by atoms with E-state index in [9.17, 15) is 27.5 Å². The molecule has 2 heterocycles. The van der Waals surface area contributed by atoms with Crippen LogP contribution in [0.1, 0.15) is 23.7 Å². The lowest BCUT2D eigenvalue weighted by molar-refractivity contribution is -0.164. The van der Waals surface area contributed by atoms with Crippen molar-refractivity contribution in [2.24, 2.45) is 5.10 Å². The highest BCUT2D eigenvalue weighted by Crippen LogP contribution is 2.36. The van der Waals surface area contributed by atoms with Crippen molar-refractivity contribution >= 4 is 22.5 Å². The highest BCUT2D eigenvalue weighted by atomic mass is 19.3. The minimum atomic E-state index is -3.52. The van der Waals surface area contributed by atoms with Gasteiger partial charge in [0.2, 0.25) is 5.72 Å². The molecule has 2 aromatic carbocycles. The lowest BCUT2D eigenvalue weighted by Gasteiger charge is -2.30. The Morgan fingerprint density at radius 1 is 1.15 bits per heavy atom. The second kappa shape index (κ2) is 8.78. The Labute approximate surface area is 186 Å². The van der Waals surface area contributed by atoms with E-state index in [-0.39, 0.29) is 10.6 Å². The molecule has 1 aliphatic heterocycles. The Bertz CT molecular complexity index is 1230. The maximum Gasteiger partial charge on any atom is 0.287 e. The maximum absolute atomic E-state index is 13.7.